The Balaban J connectivity index is 2.00. The monoisotopic (exact) mass is 278 g/mol. The fraction of sp³-hybridized carbons (Fsp3) is 0.462. The Kier molecular flexibility index (Phi) is 4.52. The first kappa shape index (κ1) is 14.3. The molecule has 0 spiro atoms. The summed E-state index contributed by atoms with van der Waals surface area (Å²) in [5, 5.41) is 16.0. The molecule has 0 radical (unpaired) electrons. The van der Waals surface area contributed by atoms with Gasteiger partial charge in [-0.1, -0.05) is 13.8 Å². The topological polar surface area (TPSA) is 88.8 Å². The van der Waals surface area contributed by atoms with Crippen molar-refractivity contribution in [2.45, 2.75) is 19.8 Å². The molecule has 0 bridgehead atoms. The Morgan fingerprint density at radius 3 is 3.05 bits per heavy atom. The summed E-state index contributed by atoms with van der Waals surface area (Å²) >= 11 is 0. The van der Waals surface area contributed by atoms with Gasteiger partial charge in [0.15, 0.2) is 5.82 Å². The summed E-state index contributed by atoms with van der Waals surface area (Å²) in [5.41, 5.74) is 1.90. The standard InChI is InChI=1S/C13H18N4O3/c1-9(2)10-7-11-13(14-3-5-17(11)16-10)15-4-6-20-8-12(18)19/h3,5,7,9H,4,6,8H2,1-2H3,(H,14,15)(H,18,19). The lowest BCUT2D eigenvalue weighted by Gasteiger charge is -2.06. The molecule has 0 fully saturated rings. The van der Waals surface area contributed by atoms with Gasteiger partial charge in [-0.15, -0.1) is 0 Å². The zero-order valence-corrected chi connectivity index (χ0v) is 11.5. The molecular formula is C13H18N4O3. The van der Waals surface area contributed by atoms with Crippen LogP contribution in [0.15, 0.2) is 18.5 Å². The Morgan fingerprint density at radius 1 is 1.55 bits per heavy atom. The molecule has 2 heterocycles. The smallest absolute Gasteiger partial charge is 0.329 e. The van der Waals surface area contributed by atoms with E-state index in [1.54, 1.807) is 16.9 Å². The number of carbonyl (C=O) groups is 1. The second kappa shape index (κ2) is 6.33. The molecule has 0 unspecified atom stereocenters. The number of nitrogens with one attached hydrogen (secondary N) is 1. The van der Waals surface area contributed by atoms with Crippen LogP contribution in [0.5, 0.6) is 0 Å². The normalized spacial score (nSPS) is 11.2. The van der Waals surface area contributed by atoms with Crippen molar-refractivity contribution in [1.29, 1.82) is 0 Å². The molecule has 0 saturated carbocycles. The lowest BCUT2D eigenvalue weighted by atomic mass is 10.1. The van der Waals surface area contributed by atoms with E-state index in [4.69, 9.17) is 9.84 Å². The van der Waals surface area contributed by atoms with Gasteiger partial charge in [0.2, 0.25) is 0 Å². The molecule has 0 aliphatic rings. The number of aliphatic carboxylic acids is 1. The average molecular weight is 278 g/mol. The maximum atomic E-state index is 10.3. The van der Waals surface area contributed by atoms with Crippen LogP contribution in [-0.4, -0.2) is 45.4 Å². The van der Waals surface area contributed by atoms with Gasteiger partial charge in [0.05, 0.1) is 12.3 Å². The third-order valence-corrected chi connectivity index (χ3v) is 2.76. The minimum Gasteiger partial charge on any atom is -0.480 e. The third kappa shape index (κ3) is 3.45. The number of nitrogens with zero attached hydrogens (tertiary/aromatic N) is 3. The summed E-state index contributed by atoms with van der Waals surface area (Å²) in [4.78, 5) is 14.6. The van der Waals surface area contributed by atoms with Gasteiger partial charge in [-0.05, 0) is 12.0 Å². The zero-order valence-electron chi connectivity index (χ0n) is 11.5. The highest BCUT2D eigenvalue weighted by molar-refractivity contribution is 5.68. The van der Waals surface area contributed by atoms with Crippen LogP contribution < -0.4 is 5.32 Å². The van der Waals surface area contributed by atoms with Crippen molar-refractivity contribution < 1.29 is 14.6 Å². The number of carboxylic acids is 1. The van der Waals surface area contributed by atoms with Gasteiger partial charge in [0.25, 0.3) is 0 Å². The van der Waals surface area contributed by atoms with Gasteiger partial charge < -0.3 is 15.2 Å². The summed E-state index contributed by atoms with van der Waals surface area (Å²) in [6.45, 7) is 4.68. The molecule has 2 aromatic rings. The van der Waals surface area contributed by atoms with E-state index in [0.717, 1.165) is 11.2 Å². The molecular weight excluding hydrogens is 260 g/mol. The van der Waals surface area contributed by atoms with E-state index in [2.05, 4.69) is 29.2 Å². The fourth-order valence-electron chi connectivity index (χ4n) is 1.76. The maximum Gasteiger partial charge on any atom is 0.329 e. The van der Waals surface area contributed by atoms with Crippen LogP contribution in [0, 0.1) is 0 Å². The Morgan fingerprint density at radius 2 is 2.35 bits per heavy atom. The van der Waals surface area contributed by atoms with Crippen molar-refractivity contribution in [2.24, 2.45) is 0 Å². The van der Waals surface area contributed by atoms with Crippen LogP contribution in [0.3, 0.4) is 0 Å². The van der Waals surface area contributed by atoms with E-state index in [9.17, 15) is 4.79 Å². The minimum absolute atomic E-state index is 0.288. The molecule has 20 heavy (non-hydrogen) atoms. The quantitative estimate of drug-likeness (QED) is 0.743. The van der Waals surface area contributed by atoms with Gasteiger partial charge in [-0.3, -0.25) is 0 Å². The Hall–Kier alpha value is -2.15. The number of anilines is 1. The van der Waals surface area contributed by atoms with Crippen LogP contribution >= 0.6 is 0 Å². The molecule has 7 nitrogen and oxygen atoms in total. The molecule has 2 rings (SSSR count). The molecule has 0 atom stereocenters. The first-order chi connectivity index (χ1) is 9.58. The van der Waals surface area contributed by atoms with Crippen molar-refractivity contribution in [1.82, 2.24) is 14.6 Å². The van der Waals surface area contributed by atoms with Crippen molar-refractivity contribution in [3.8, 4) is 0 Å². The van der Waals surface area contributed by atoms with E-state index in [1.807, 2.05) is 6.07 Å². The number of rotatable bonds is 7. The van der Waals surface area contributed by atoms with Crippen LogP contribution in [0.4, 0.5) is 5.82 Å². The van der Waals surface area contributed by atoms with Crippen LogP contribution in [0.25, 0.3) is 5.52 Å². The predicted molar refractivity (Wildman–Crippen MR) is 74.0 cm³/mol. The average Bonchev–Trinajstić information content (AvgIpc) is 2.83. The molecule has 0 saturated heterocycles. The second-order valence-electron chi connectivity index (χ2n) is 4.70. The van der Waals surface area contributed by atoms with Crippen molar-refractivity contribution in [2.75, 3.05) is 25.1 Å². The third-order valence-electron chi connectivity index (χ3n) is 2.76. The lowest BCUT2D eigenvalue weighted by Crippen LogP contribution is -2.15. The molecule has 7 heteroatoms. The van der Waals surface area contributed by atoms with Crippen LogP contribution in [-0.2, 0) is 9.53 Å². The van der Waals surface area contributed by atoms with E-state index < -0.39 is 5.97 Å². The Bertz CT molecular complexity index is 594. The van der Waals surface area contributed by atoms with E-state index in [-0.39, 0.29) is 6.61 Å². The van der Waals surface area contributed by atoms with Crippen molar-refractivity contribution in [3.05, 3.63) is 24.2 Å². The zero-order chi connectivity index (χ0) is 14.5. The molecule has 2 aromatic heterocycles. The Labute approximate surface area is 116 Å². The molecule has 0 aromatic carbocycles. The molecule has 108 valence electrons. The number of ether oxygens (including phenoxy) is 1. The highest BCUT2D eigenvalue weighted by Crippen LogP contribution is 2.19. The number of carboxylic acid groups (broad SMARTS) is 1. The van der Waals surface area contributed by atoms with Gasteiger partial charge >= 0.3 is 5.97 Å². The largest absolute Gasteiger partial charge is 0.480 e. The van der Waals surface area contributed by atoms with E-state index >= 15 is 0 Å². The number of hydrogen-bond acceptors (Lipinski definition) is 5. The van der Waals surface area contributed by atoms with Crippen LogP contribution in [0.1, 0.15) is 25.5 Å². The highest BCUT2D eigenvalue weighted by atomic mass is 16.5. The summed E-state index contributed by atoms with van der Waals surface area (Å²) < 4.78 is 6.74. The molecule has 2 N–H and O–H groups in total. The molecule has 0 aliphatic heterocycles. The fourth-order valence-corrected chi connectivity index (χ4v) is 1.76. The van der Waals surface area contributed by atoms with E-state index in [0.29, 0.717) is 24.9 Å². The van der Waals surface area contributed by atoms with Crippen LogP contribution in [0.2, 0.25) is 0 Å². The van der Waals surface area contributed by atoms with Crippen molar-refractivity contribution >= 4 is 17.3 Å². The summed E-state index contributed by atoms with van der Waals surface area (Å²) in [5.74, 6) is 0.0927. The van der Waals surface area contributed by atoms with E-state index in [1.165, 1.54) is 0 Å². The first-order valence-corrected chi connectivity index (χ1v) is 6.45. The SMILES string of the molecule is CC(C)c1cc2c(NCCOCC(=O)O)nccn2n1. The predicted octanol–water partition coefficient (Wildman–Crippen LogP) is 1.37. The number of fused-ring (bicyclic) bond motifs is 1. The van der Waals surface area contributed by atoms with Gasteiger partial charge in [0.1, 0.15) is 12.1 Å². The molecule has 0 aliphatic carbocycles. The first-order valence-electron chi connectivity index (χ1n) is 6.45. The minimum atomic E-state index is -0.970. The van der Waals surface area contributed by atoms with Gasteiger partial charge in [-0.25, -0.2) is 14.3 Å². The van der Waals surface area contributed by atoms with Crippen molar-refractivity contribution in [3.63, 3.8) is 0 Å². The number of hydrogen-bond donors (Lipinski definition) is 2. The second-order valence-corrected chi connectivity index (χ2v) is 4.70. The van der Waals surface area contributed by atoms with Gasteiger partial charge in [-0.2, -0.15) is 5.10 Å². The maximum absolute atomic E-state index is 10.3. The summed E-state index contributed by atoms with van der Waals surface area (Å²) in [6, 6.07) is 2.00. The lowest BCUT2D eigenvalue weighted by molar-refractivity contribution is -0.142. The summed E-state index contributed by atoms with van der Waals surface area (Å²) in [7, 11) is 0. The highest BCUT2D eigenvalue weighted by Gasteiger charge is 2.09. The van der Waals surface area contributed by atoms with Gasteiger partial charge in [0, 0.05) is 18.9 Å². The molecule has 0 amide bonds. The number of aromatic nitrogens is 3. The summed E-state index contributed by atoms with van der Waals surface area (Å²) in [6.07, 6.45) is 3.47.